The first-order valence-corrected chi connectivity index (χ1v) is 13.6. The number of ether oxygens (including phenoxy) is 1. The Morgan fingerprint density at radius 3 is 2.53 bits per heavy atom. The largest absolute Gasteiger partial charge is 0.444 e. The van der Waals surface area contributed by atoms with Crippen molar-refractivity contribution < 1.29 is 19.1 Å². The van der Waals surface area contributed by atoms with Gasteiger partial charge in [0.1, 0.15) is 5.60 Å². The number of likely N-dealkylation sites (tertiary alicyclic amines) is 1. The van der Waals surface area contributed by atoms with E-state index in [9.17, 15) is 14.4 Å². The Labute approximate surface area is 219 Å². The number of carbonyl (C=O) groups is 3. The Bertz CT molecular complexity index is 1020. The normalized spacial score (nSPS) is 19.8. The molecule has 0 radical (unpaired) electrons. The van der Waals surface area contributed by atoms with Crippen LogP contribution in [-0.2, 0) is 9.53 Å². The standard InChI is InChI=1S/C27H42N4O4S/c1-17(2)31(19-10-9-12-29(16-19)25(34)35-26(4,5)6)23(32)20-15-21-22(14-18(20)3)36-27(7,8)24(33)30(21)13-11-28/h14-15,17,19H,9-13,16,28H2,1-8H3/t19-/m1/s1. The number of anilines is 1. The highest BCUT2D eigenvalue weighted by Gasteiger charge is 2.41. The van der Waals surface area contributed by atoms with Crippen LogP contribution in [0.4, 0.5) is 10.5 Å². The maximum absolute atomic E-state index is 14.0. The molecule has 0 aliphatic carbocycles. The number of carbonyl (C=O) groups excluding carboxylic acids is 3. The van der Waals surface area contributed by atoms with Gasteiger partial charge < -0.3 is 25.2 Å². The zero-order valence-corrected chi connectivity index (χ0v) is 23.8. The summed E-state index contributed by atoms with van der Waals surface area (Å²) in [5, 5.41) is 0. The molecular formula is C27H42N4O4S. The number of amides is 3. The van der Waals surface area contributed by atoms with Crippen LogP contribution in [0.15, 0.2) is 17.0 Å². The monoisotopic (exact) mass is 518 g/mol. The number of benzene rings is 1. The minimum absolute atomic E-state index is 0.00583. The summed E-state index contributed by atoms with van der Waals surface area (Å²) in [7, 11) is 0. The molecule has 2 N–H and O–H groups in total. The molecule has 8 nitrogen and oxygen atoms in total. The molecule has 0 unspecified atom stereocenters. The van der Waals surface area contributed by atoms with E-state index in [1.165, 1.54) is 11.8 Å². The SMILES string of the molecule is Cc1cc2c(cc1C(=O)N(C(C)C)[C@@H]1CCCN(C(=O)OC(C)(C)C)C1)N(CCN)C(=O)C(C)(C)S2. The van der Waals surface area contributed by atoms with Gasteiger partial charge in [0.25, 0.3) is 5.91 Å². The van der Waals surface area contributed by atoms with Crippen LogP contribution in [0, 0.1) is 6.92 Å². The number of fused-ring (bicyclic) bond motifs is 1. The van der Waals surface area contributed by atoms with Gasteiger partial charge in [0, 0.05) is 42.7 Å². The summed E-state index contributed by atoms with van der Waals surface area (Å²) in [5.41, 5.74) is 7.45. The number of thioether (sulfide) groups is 1. The fraction of sp³-hybridized carbons (Fsp3) is 0.667. The highest BCUT2D eigenvalue weighted by Crippen LogP contribution is 2.46. The Morgan fingerprint density at radius 2 is 1.94 bits per heavy atom. The molecule has 0 bridgehead atoms. The quantitative estimate of drug-likeness (QED) is 0.620. The second kappa shape index (κ2) is 10.6. The van der Waals surface area contributed by atoms with Crippen molar-refractivity contribution in [3.05, 3.63) is 23.3 Å². The van der Waals surface area contributed by atoms with Crippen molar-refractivity contribution in [2.24, 2.45) is 5.73 Å². The van der Waals surface area contributed by atoms with Gasteiger partial charge in [-0.3, -0.25) is 9.59 Å². The summed E-state index contributed by atoms with van der Waals surface area (Å²) < 4.78 is 4.99. The van der Waals surface area contributed by atoms with Crippen LogP contribution in [0.5, 0.6) is 0 Å². The number of rotatable bonds is 5. The van der Waals surface area contributed by atoms with E-state index in [1.807, 2.05) is 72.4 Å². The van der Waals surface area contributed by atoms with Gasteiger partial charge >= 0.3 is 6.09 Å². The smallest absolute Gasteiger partial charge is 0.410 e. The number of piperidine rings is 1. The number of aryl methyl sites for hydroxylation is 1. The van der Waals surface area contributed by atoms with Crippen molar-refractivity contribution >= 4 is 35.4 Å². The fourth-order valence-corrected chi connectivity index (χ4v) is 6.19. The lowest BCUT2D eigenvalue weighted by Gasteiger charge is -2.42. The Kier molecular flexibility index (Phi) is 8.35. The summed E-state index contributed by atoms with van der Waals surface area (Å²) in [5.74, 6) is -0.0926. The van der Waals surface area contributed by atoms with Gasteiger partial charge in [-0.1, -0.05) is 0 Å². The van der Waals surface area contributed by atoms with Gasteiger partial charge in [-0.15, -0.1) is 11.8 Å². The maximum Gasteiger partial charge on any atom is 0.410 e. The first-order valence-electron chi connectivity index (χ1n) is 12.8. The number of hydrogen-bond donors (Lipinski definition) is 1. The van der Waals surface area contributed by atoms with Crippen molar-refractivity contribution in [1.82, 2.24) is 9.80 Å². The molecule has 0 spiro atoms. The van der Waals surface area contributed by atoms with Crippen molar-refractivity contribution in [2.75, 3.05) is 31.1 Å². The van der Waals surface area contributed by atoms with E-state index in [4.69, 9.17) is 10.5 Å². The van der Waals surface area contributed by atoms with Crippen LogP contribution in [0.1, 0.15) is 77.2 Å². The first kappa shape index (κ1) is 28.3. The van der Waals surface area contributed by atoms with Gasteiger partial charge in [-0.25, -0.2) is 4.79 Å². The number of nitrogens with two attached hydrogens (primary N) is 1. The fourth-order valence-electron chi connectivity index (χ4n) is 4.93. The third-order valence-electron chi connectivity index (χ3n) is 6.54. The van der Waals surface area contributed by atoms with Gasteiger partial charge in [-0.2, -0.15) is 0 Å². The summed E-state index contributed by atoms with van der Waals surface area (Å²) in [4.78, 5) is 46.2. The van der Waals surface area contributed by atoms with Crippen molar-refractivity contribution in [1.29, 1.82) is 0 Å². The molecule has 0 saturated carbocycles. The van der Waals surface area contributed by atoms with E-state index < -0.39 is 10.3 Å². The highest BCUT2D eigenvalue weighted by atomic mass is 32.2. The molecule has 1 aromatic carbocycles. The molecule has 1 atom stereocenters. The molecule has 36 heavy (non-hydrogen) atoms. The minimum atomic E-state index is -0.600. The predicted molar refractivity (Wildman–Crippen MR) is 145 cm³/mol. The lowest BCUT2D eigenvalue weighted by atomic mass is 9.99. The van der Waals surface area contributed by atoms with E-state index in [0.717, 1.165) is 29.0 Å². The lowest BCUT2D eigenvalue weighted by Crippen LogP contribution is -2.54. The number of nitrogens with zero attached hydrogens (tertiary/aromatic N) is 3. The molecule has 1 aromatic rings. The molecule has 3 amide bonds. The van der Waals surface area contributed by atoms with Gasteiger partial charge in [-0.05, 0) is 85.9 Å². The van der Waals surface area contributed by atoms with Gasteiger partial charge in [0.05, 0.1) is 16.5 Å². The Morgan fingerprint density at radius 1 is 1.28 bits per heavy atom. The van der Waals surface area contributed by atoms with Gasteiger partial charge in [0.2, 0.25) is 5.91 Å². The predicted octanol–water partition coefficient (Wildman–Crippen LogP) is 4.42. The van der Waals surface area contributed by atoms with Crippen LogP contribution in [0.2, 0.25) is 0 Å². The lowest BCUT2D eigenvalue weighted by molar-refractivity contribution is -0.120. The van der Waals surface area contributed by atoms with E-state index in [2.05, 4.69) is 0 Å². The molecule has 9 heteroatoms. The van der Waals surface area contributed by atoms with E-state index in [-0.39, 0.29) is 30.0 Å². The molecular weight excluding hydrogens is 476 g/mol. The molecule has 1 fully saturated rings. The van der Waals surface area contributed by atoms with Crippen LogP contribution in [0.25, 0.3) is 0 Å². The van der Waals surface area contributed by atoms with Crippen molar-refractivity contribution in [3.63, 3.8) is 0 Å². The minimum Gasteiger partial charge on any atom is -0.444 e. The second-order valence-electron chi connectivity index (χ2n) is 11.5. The van der Waals surface area contributed by atoms with Crippen molar-refractivity contribution in [2.45, 2.75) is 95.6 Å². The second-order valence-corrected chi connectivity index (χ2v) is 13.2. The first-order chi connectivity index (χ1) is 16.7. The zero-order valence-electron chi connectivity index (χ0n) is 23.0. The zero-order chi connectivity index (χ0) is 27.0. The molecule has 2 aliphatic rings. The maximum atomic E-state index is 14.0. The summed E-state index contributed by atoms with van der Waals surface area (Å²) in [6, 6.07) is 3.68. The third-order valence-corrected chi connectivity index (χ3v) is 7.77. The van der Waals surface area contributed by atoms with E-state index in [1.54, 1.807) is 9.80 Å². The summed E-state index contributed by atoms with van der Waals surface area (Å²) in [6.45, 7) is 17.1. The van der Waals surface area contributed by atoms with Crippen LogP contribution >= 0.6 is 11.8 Å². The molecule has 1 saturated heterocycles. The van der Waals surface area contributed by atoms with Crippen molar-refractivity contribution in [3.8, 4) is 0 Å². The molecule has 200 valence electrons. The average molecular weight is 519 g/mol. The third kappa shape index (κ3) is 5.99. The Hall–Kier alpha value is -2.26. The van der Waals surface area contributed by atoms with E-state index >= 15 is 0 Å². The molecule has 0 aromatic heterocycles. The summed E-state index contributed by atoms with van der Waals surface area (Å²) in [6.07, 6.45) is 1.27. The average Bonchev–Trinajstić information content (AvgIpc) is 2.75. The van der Waals surface area contributed by atoms with Crippen LogP contribution in [-0.4, -0.2) is 76.3 Å². The Balaban J connectivity index is 1.93. The molecule has 2 aliphatic heterocycles. The topological polar surface area (TPSA) is 96.2 Å². The van der Waals surface area contributed by atoms with Crippen LogP contribution < -0.4 is 10.6 Å². The number of hydrogen-bond acceptors (Lipinski definition) is 6. The summed E-state index contributed by atoms with van der Waals surface area (Å²) >= 11 is 1.52. The molecule has 3 rings (SSSR count). The van der Waals surface area contributed by atoms with E-state index in [0.29, 0.717) is 31.7 Å². The van der Waals surface area contributed by atoms with Crippen LogP contribution in [0.3, 0.4) is 0 Å². The molecule has 2 heterocycles. The van der Waals surface area contributed by atoms with Gasteiger partial charge in [0.15, 0.2) is 0 Å². The highest BCUT2D eigenvalue weighted by molar-refractivity contribution is 8.01.